The lowest BCUT2D eigenvalue weighted by Crippen LogP contribution is -2.36. The Bertz CT molecular complexity index is 1340. The number of hydrogen-bond acceptors (Lipinski definition) is 5. The van der Waals surface area contributed by atoms with Gasteiger partial charge in [0, 0.05) is 19.1 Å². The van der Waals surface area contributed by atoms with E-state index >= 15 is 0 Å². The minimum absolute atomic E-state index is 0.119. The fourth-order valence-corrected chi connectivity index (χ4v) is 4.74. The van der Waals surface area contributed by atoms with Crippen molar-refractivity contribution in [3.63, 3.8) is 0 Å². The molecule has 6 nitrogen and oxygen atoms in total. The summed E-state index contributed by atoms with van der Waals surface area (Å²) >= 11 is 0. The van der Waals surface area contributed by atoms with Crippen LogP contribution in [-0.4, -0.2) is 45.1 Å². The number of hydrogen-bond donors (Lipinski definition) is 1. The van der Waals surface area contributed by atoms with Crippen molar-refractivity contribution < 1.29 is 19.0 Å². The summed E-state index contributed by atoms with van der Waals surface area (Å²) in [6, 6.07) is 26.5. The zero-order valence-electron chi connectivity index (χ0n) is 22.5. The largest absolute Gasteiger partial charge is 0.435 e. The van der Waals surface area contributed by atoms with Crippen LogP contribution in [0.15, 0.2) is 84.9 Å². The molecule has 0 radical (unpaired) electrons. The van der Waals surface area contributed by atoms with E-state index in [0.717, 1.165) is 35.3 Å². The van der Waals surface area contributed by atoms with Gasteiger partial charge in [0.25, 0.3) is 0 Å². The van der Waals surface area contributed by atoms with E-state index in [0.29, 0.717) is 31.6 Å². The normalized spacial score (nSPS) is 14.2. The van der Waals surface area contributed by atoms with Crippen molar-refractivity contribution in [3.05, 3.63) is 108 Å². The number of aliphatic hydroxyl groups excluding tert-OH is 1. The summed E-state index contributed by atoms with van der Waals surface area (Å²) in [7, 11) is 0. The Labute approximate surface area is 229 Å². The van der Waals surface area contributed by atoms with Crippen LogP contribution in [0, 0.1) is 5.82 Å². The van der Waals surface area contributed by atoms with Gasteiger partial charge in [-0.25, -0.2) is 9.07 Å². The molecule has 1 unspecified atom stereocenters. The summed E-state index contributed by atoms with van der Waals surface area (Å²) in [5, 5.41) is 15.8. The summed E-state index contributed by atoms with van der Waals surface area (Å²) in [6.45, 7) is 5.90. The van der Waals surface area contributed by atoms with Crippen molar-refractivity contribution >= 4 is 0 Å². The number of ether oxygens (including phenoxy) is 2. The molecule has 3 aromatic carbocycles. The number of benzene rings is 3. The molecule has 1 heterocycles. The maximum absolute atomic E-state index is 14.7. The maximum atomic E-state index is 14.7. The monoisotopic (exact) mass is 529 g/mol. The Morgan fingerprint density at radius 2 is 1.64 bits per heavy atom. The fraction of sp³-hybridized carbons (Fsp3) is 0.344. The predicted molar refractivity (Wildman–Crippen MR) is 150 cm³/mol. The van der Waals surface area contributed by atoms with Gasteiger partial charge >= 0.3 is 0 Å². The molecule has 0 spiro atoms. The van der Waals surface area contributed by atoms with Crippen LogP contribution in [0.5, 0.6) is 11.6 Å². The molecule has 1 N–H and O–H groups in total. The first-order chi connectivity index (χ1) is 19.0. The molecule has 0 aliphatic heterocycles. The van der Waals surface area contributed by atoms with E-state index in [1.165, 1.54) is 6.07 Å². The minimum atomic E-state index is -0.642. The zero-order valence-corrected chi connectivity index (χ0v) is 22.5. The second kappa shape index (κ2) is 12.6. The third kappa shape index (κ3) is 6.92. The van der Waals surface area contributed by atoms with Crippen molar-refractivity contribution in [3.8, 4) is 17.3 Å². The molecule has 7 heteroatoms. The fourth-order valence-electron chi connectivity index (χ4n) is 4.74. The van der Waals surface area contributed by atoms with Crippen molar-refractivity contribution in [2.24, 2.45) is 0 Å². The van der Waals surface area contributed by atoms with E-state index in [1.807, 2.05) is 60.7 Å². The van der Waals surface area contributed by atoms with Gasteiger partial charge in [-0.15, -0.1) is 0 Å². The summed E-state index contributed by atoms with van der Waals surface area (Å²) in [4.78, 5) is 2.28. The van der Waals surface area contributed by atoms with Crippen molar-refractivity contribution in [1.82, 2.24) is 14.7 Å². The van der Waals surface area contributed by atoms with Gasteiger partial charge in [-0.05, 0) is 48.6 Å². The van der Waals surface area contributed by atoms with Gasteiger partial charge in [-0.2, -0.15) is 5.10 Å². The van der Waals surface area contributed by atoms with E-state index in [4.69, 9.17) is 14.6 Å². The Morgan fingerprint density at radius 3 is 2.31 bits per heavy atom. The van der Waals surface area contributed by atoms with Crippen molar-refractivity contribution in [2.45, 2.75) is 57.9 Å². The molecule has 1 aromatic heterocycles. The number of halogens is 1. The molecule has 1 fully saturated rings. The number of aromatic nitrogens is 2. The van der Waals surface area contributed by atoms with Gasteiger partial charge in [0.15, 0.2) is 11.6 Å². The number of nitrogens with zero attached hydrogens (tertiary/aromatic N) is 3. The highest BCUT2D eigenvalue weighted by molar-refractivity contribution is 5.44. The van der Waals surface area contributed by atoms with E-state index in [2.05, 4.69) is 18.7 Å². The maximum Gasteiger partial charge on any atom is 0.227 e. The zero-order chi connectivity index (χ0) is 27.2. The molecule has 1 aliphatic rings. The minimum Gasteiger partial charge on any atom is -0.435 e. The van der Waals surface area contributed by atoms with Gasteiger partial charge in [0.05, 0.1) is 36.3 Å². The first kappa shape index (κ1) is 27.1. The van der Waals surface area contributed by atoms with Gasteiger partial charge in [-0.3, -0.25) is 4.90 Å². The van der Waals surface area contributed by atoms with Crippen LogP contribution in [0.4, 0.5) is 4.39 Å². The Morgan fingerprint density at radius 1 is 0.974 bits per heavy atom. The second-order valence-electron chi connectivity index (χ2n) is 10.4. The van der Waals surface area contributed by atoms with Crippen LogP contribution >= 0.6 is 0 Å². The summed E-state index contributed by atoms with van der Waals surface area (Å²) in [5.41, 5.74) is 3.71. The van der Waals surface area contributed by atoms with Crippen LogP contribution in [0.1, 0.15) is 49.4 Å². The van der Waals surface area contributed by atoms with Crippen LogP contribution in [0.25, 0.3) is 5.69 Å². The molecular weight excluding hydrogens is 493 g/mol. The number of rotatable bonds is 13. The molecule has 1 aliphatic carbocycles. The smallest absolute Gasteiger partial charge is 0.227 e. The molecule has 1 atom stereocenters. The Kier molecular flexibility index (Phi) is 8.71. The SMILES string of the molecule is CC(C)c1nn(-c2ccccc2)c(Oc2ccccc2F)c1CN(CC(O)COCc1ccccc1)C1CC1. The molecule has 0 amide bonds. The highest BCUT2D eigenvalue weighted by atomic mass is 19.1. The third-order valence-electron chi connectivity index (χ3n) is 6.85. The molecule has 0 bridgehead atoms. The second-order valence-corrected chi connectivity index (χ2v) is 10.4. The van der Waals surface area contributed by atoms with Crippen molar-refractivity contribution in [1.29, 1.82) is 0 Å². The van der Waals surface area contributed by atoms with Crippen LogP contribution in [0.3, 0.4) is 0 Å². The van der Waals surface area contributed by atoms with E-state index in [-0.39, 0.29) is 18.3 Å². The van der Waals surface area contributed by atoms with Crippen LogP contribution in [-0.2, 0) is 17.9 Å². The average Bonchev–Trinajstić information content (AvgIpc) is 3.73. The lowest BCUT2D eigenvalue weighted by atomic mass is 10.1. The molecular formula is C32H36FN3O3. The summed E-state index contributed by atoms with van der Waals surface area (Å²) < 4.78 is 28.6. The van der Waals surface area contributed by atoms with Crippen LogP contribution < -0.4 is 4.74 Å². The van der Waals surface area contributed by atoms with Gasteiger partial charge < -0.3 is 14.6 Å². The Hall–Kier alpha value is -3.52. The van der Waals surface area contributed by atoms with E-state index in [9.17, 15) is 9.50 Å². The highest BCUT2D eigenvalue weighted by Gasteiger charge is 2.33. The van der Waals surface area contributed by atoms with Gasteiger partial charge in [0.2, 0.25) is 5.88 Å². The topological polar surface area (TPSA) is 59.8 Å². The third-order valence-corrected chi connectivity index (χ3v) is 6.85. The van der Waals surface area contributed by atoms with Crippen LogP contribution in [0.2, 0.25) is 0 Å². The first-order valence-corrected chi connectivity index (χ1v) is 13.6. The van der Waals surface area contributed by atoms with Crippen molar-refractivity contribution in [2.75, 3.05) is 13.2 Å². The number of para-hydroxylation sites is 2. The predicted octanol–water partition coefficient (Wildman–Crippen LogP) is 6.47. The van der Waals surface area contributed by atoms with E-state index < -0.39 is 11.9 Å². The quantitative estimate of drug-likeness (QED) is 0.215. The highest BCUT2D eigenvalue weighted by Crippen LogP contribution is 2.37. The van der Waals surface area contributed by atoms with Gasteiger partial charge in [-0.1, -0.05) is 74.5 Å². The Balaban J connectivity index is 1.41. The lowest BCUT2D eigenvalue weighted by Gasteiger charge is -2.26. The lowest BCUT2D eigenvalue weighted by molar-refractivity contribution is 0.00691. The summed E-state index contributed by atoms with van der Waals surface area (Å²) in [6.07, 6.45) is 1.51. The molecule has 204 valence electrons. The standard InChI is InChI=1S/C32H36FN3O3/c1-23(2)31-28(20-35(25-17-18-25)19-27(37)22-38-21-24-11-5-3-6-12-24)32(39-30-16-10-9-15-29(30)33)36(34-31)26-13-7-4-8-14-26/h3-16,23,25,27,37H,17-22H2,1-2H3. The summed E-state index contributed by atoms with van der Waals surface area (Å²) in [5.74, 6) is 0.336. The van der Waals surface area contributed by atoms with E-state index in [1.54, 1.807) is 22.9 Å². The average molecular weight is 530 g/mol. The molecule has 4 aromatic rings. The number of aliphatic hydroxyl groups is 1. The molecule has 1 saturated carbocycles. The van der Waals surface area contributed by atoms with Gasteiger partial charge in [0.1, 0.15) is 0 Å². The molecule has 39 heavy (non-hydrogen) atoms. The first-order valence-electron chi connectivity index (χ1n) is 13.6. The molecule has 5 rings (SSSR count). The molecule has 0 saturated heterocycles.